The van der Waals surface area contributed by atoms with E-state index in [0.717, 1.165) is 12.2 Å². The van der Waals surface area contributed by atoms with E-state index >= 15 is 0 Å². The molecule has 0 radical (unpaired) electrons. The Balaban J connectivity index is 2.40. The Hall–Kier alpha value is -0.220. The topological polar surface area (TPSA) is 49.3 Å². The minimum atomic E-state index is -0.648. The molecule has 0 aromatic heterocycles. The first-order valence-electron chi connectivity index (χ1n) is 3.64. The van der Waals surface area contributed by atoms with Gasteiger partial charge in [0.1, 0.15) is 0 Å². The molecule has 1 rings (SSSR count). The Labute approximate surface area is 70.6 Å². The molecule has 1 fully saturated rings. The highest BCUT2D eigenvalue weighted by Gasteiger charge is 2.43. The lowest BCUT2D eigenvalue weighted by Crippen LogP contribution is -2.58. The van der Waals surface area contributed by atoms with E-state index in [1.54, 1.807) is 11.8 Å². The molecule has 0 saturated carbocycles. The van der Waals surface area contributed by atoms with Gasteiger partial charge in [0, 0.05) is 13.1 Å². The predicted octanol–water partition coefficient (Wildman–Crippen LogP) is 0.414. The van der Waals surface area contributed by atoms with Crippen LogP contribution in [-0.4, -0.2) is 36.2 Å². The van der Waals surface area contributed by atoms with Gasteiger partial charge in [0.2, 0.25) is 0 Å². The van der Waals surface area contributed by atoms with Crippen molar-refractivity contribution in [1.29, 1.82) is 0 Å². The van der Waals surface area contributed by atoms with Gasteiger partial charge >= 0.3 is 5.97 Å². The highest BCUT2D eigenvalue weighted by molar-refractivity contribution is 7.98. The molecule has 0 aromatic rings. The number of carboxylic acids is 1. The molecule has 0 aromatic carbocycles. The second kappa shape index (κ2) is 3.45. The van der Waals surface area contributed by atoms with Crippen LogP contribution in [0.15, 0.2) is 0 Å². The summed E-state index contributed by atoms with van der Waals surface area (Å²) in [5.41, 5.74) is -0.441. The summed E-state index contributed by atoms with van der Waals surface area (Å²) < 4.78 is 0. The number of rotatable bonds is 4. The summed E-state index contributed by atoms with van der Waals surface area (Å²) in [5.74, 6) is 0.291. The van der Waals surface area contributed by atoms with Gasteiger partial charge in [-0.3, -0.25) is 4.79 Å². The first kappa shape index (κ1) is 8.87. The molecule has 11 heavy (non-hydrogen) atoms. The summed E-state index contributed by atoms with van der Waals surface area (Å²) in [4.78, 5) is 10.8. The quantitative estimate of drug-likeness (QED) is 0.650. The van der Waals surface area contributed by atoms with Crippen molar-refractivity contribution in [2.45, 2.75) is 6.42 Å². The largest absolute Gasteiger partial charge is 0.481 e. The maximum atomic E-state index is 10.8. The van der Waals surface area contributed by atoms with Gasteiger partial charge in [-0.15, -0.1) is 0 Å². The van der Waals surface area contributed by atoms with Gasteiger partial charge in [0.15, 0.2) is 0 Å². The zero-order valence-corrected chi connectivity index (χ0v) is 7.41. The average Bonchev–Trinajstić information content (AvgIpc) is 1.85. The number of carbonyl (C=O) groups is 1. The standard InChI is InChI=1S/C7H13NO2S/c1-11-3-2-7(6(9)10)4-8-5-7/h8H,2-5H2,1H3,(H,9,10). The zero-order valence-electron chi connectivity index (χ0n) is 6.59. The van der Waals surface area contributed by atoms with Crippen molar-refractivity contribution in [3.8, 4) is 0 Å². The average molecular weight is 175 g/mol. The van der Waals surface area contributed by atoms with Crippen molar-refractivity contribution in [3.05, 3.63) is 0 Å². The van der Waals surface area contributed by atoms with Crippen LogP contribution in [0.2, 0.25) is 0 Å². The van der Waals surface area contributed by atoms with Gasteiger partial charge in [0.05, 0.1) is 5.41 Å². The van der Waals surface area contributed by atoms with E-state index in [4.69, 9.17) is 5.11 Å². The summed E-state index contributed by atoms with van der Waals surface area (Å²) in [6.07, 6.45) is 2.79. The normalized spacial score (nSPS) is 20.8. The molecule has 0 unspecified atom stereocenters. The smallest absolute Gasteiger partial charge is 0.312 e. The Morgan fingerprint density at radius 1 is 1.73 bits per heavy atom. The maximum absolute atomic E-state index is 10.8. The molecule has 3 nitrogen and oxygen atoms in total. The lowest BCUT2D eigenvalue weighted by Gasteiger charge is -2.38. The summed E-state index contributed by atoms with van der Waals surface area (Å²) in [6, 6.07) is 0. The molecule has 0 bridgehead atoms. The van der Waals surface area contributed by atoms with Crippen LogP contribution < -0.4 is 5.32 Å². The van der Waals surface area contributed by atoms with Crippen LogP contribution in [0.3, 0.4) is 0 Å². The first-order chi connectivity index (χ1) is 5.21. The highest BCUT2D eigenvalue weighted by atomic mass is 32.2. The number of hydrogen-bond acceptors (Lipinski definition) is 3. The molecule has 2 N–H and O–H groups in total. The predicted molar refractivity (Wildman–Crippen MR) is 45.9 cm³/mol. The number of hydrogen-bond donors (Lipinski definition) is 2. The second-order valence-electron chi connectivity index (χ2n) is 2.93. The van der Waals surface area contributed by atoms with Crippen molar-refractivity contribution in [2.24, 2.45) is 5.41 Å². The third-order valence-corrected chi connectivity index (χ3v) is 2.78. The number of carboxylic acid groups (broad SMARTS) is 1. The van der Waals surface area contributed by atoms with E-state index < -0.39 is 11.4 Å². The number of aliphatic carboxylic acids is 1. The Morgan fingerprint density at radius 2 is 2.36 bits per heavy atom. The minimum Gasteiger partial charge on any atom is -0.481 e. The van der Waals surface area contributed by atoms with Crippen molar-refractivity contribution < 1.29 is 9.90 Å². The lowest BCUT2D eigenvalue weighted by molar-refractivity contribution is -0.152. The summed E-state index contributed by atoms with van der Waals surface area (Å²) in [5, 5.41) is 11.9. The van der Waals surface area contributed by atoms with Crippen LogP contribution in [0, 0.1) is 5.41 Å². The summed E-state index contributed by atoms with van der Waals surface area (Å²) >= 11 is 1.70. The summed E-state index contributed by atoms with van der Waals surface area (Å²) in [6.45, 7) is 1.28. The van der Waals surface area contributed by atoms with Crippen LogP contribution in [-0.2, 0) is 4.79 Å². The monoisotopic (exact) mass is 175 g/mol. The van der Waals surface area contributed by atoms with Crippen LogP contribution >= 0.6 is 11.8 Å². The lowest BCUT2D eigenvalue weighted by atomic mass is 9.79. The third kappa shape index (κ3) is 1.68. The Morgan fingerprint density at radius 3 is 2.64 bits per heavy atom. The third-order valence-electron chi connectivity index (χ3n) is 2.17. The molecule has 1 aliphatic heterocycles. The zero-order chi connectivity index (χ0) is 8.32. The van der Waals surface area contributed by atoms with Gasteiger partial charge in [0.25, 0.3) is 0 Å². The molecule has 64 valence electrons. The van der Waals surface area contributed by atoms with E-state index in [1.807, 2.05) is 6.26 Å². The highest BCUT2D eigenvalue weighted by Crippen LogP contribution is 2.28. The van der Waals surface area contributed by atoms with Crippen LogP contribution in [0.25, 0.3) is 0 Å². The molecule has 0 aliphatic carbocycles. The van der Waals surface area contributed by atoms with E-state index in [0.29, 0.717) is 13.1 Å². The van der Waals surface area contributed by atoms with Gasteiger partial charge in [-0.25, -0.2) is 0 Å². The van der Waals surface area contributed by atoms with Crippen LogP contribution in [0.5, 0.6) is 0 Å². The second-order valence-corrected chi connectivity index (χ2v) is 3.92. The van der Waals surface area contributed by atoms with E-state index in [-0.39, 0.29) is 0 Å². The van der Waals surface area contributed by atoms with Crippen LogP contribution in [0.4, 0.5) is 0 Å². The minimum absolute atomic E-state index is 0.441. The van der Waals surface area contributed by atoms with Crippen molar-refractivity contribution >= 4 is 17.7 Å². The maximum Gasteiger partial charge on any atom is 0.312 e. The molecule has 1 saturated heterocycles. The van der Waals surface area contributed by atoms with E-state index in [2.05, 4.69) is 5.32 Å². The fraction of sp³-hybridized carbons (Fsp3) is 0.857. The first-order valence-corrected chi connectivity index (χ1v) is 5.04. The fourth-order valence-electron chi connectivity index (χ4n) is 1.16. The summed E-state index contributed by atoms with van der Waals surface area (Å²) in [7, 11) is 0. The molecule has 0 atom stereocenters. The van der Waals surface area contributed by atoms with Crippen molar-refractivity contribution in [3.63, 3.8) is 0 Å². The molecule has 1 heterocycles. The van der Waals surface area contributed by atoms with Crippen molar-refractivity contribution in [2.75, 3.05) is 25.1 Å². The van der Waals surface area contributed by atoms with E-state index in [1.165, 1.54) is 0 Å². The fourth-order valence-corrected chi connectivity index (χ4v) is 1.75. The SMILES string of the molecule is CSCCC1(C(=O)O)CNC1. The Kier molecular flexibility index (Phi) is 2.78. The molecular weight excluding hydrogens is 162 g/mol. The Bertz CT molecular complexity index is 157. The molecule has 0 amide bonds. The molecular formula is C7H13NO2S. The molecule has 0 spiro atoms. The number of nitrogens with one attached hydrogen (secondary N) is 1. The molecule has 4 heteroatoms. The van der Waals surface area contributed by atoms with Gasteiger partial charge < -0.3 is 10.4 Å². The van der Waals surface area contributed by atoms with E-state index in [9.17, 15) is 4.79 Å². The van der Waals surface area contributed by atoms with Crippen LogP contribution in [0.1, 0.15) is 6.42 Å². The van der Waals surface area contributed by atoms with Gasteiger partial charge in [-0.05, 0) is 18.4 Å². The van der Waals surface area contributed by atoms with Gasteiger partial charge in [-0.2, -0.15) is 11.8 Å². The molecule has 1 aliphatic rings. The number of thioether (sulfide) groups is 1. The van der Waals surface area contributed by atoms with Crippen molar-refractivity contribution in [1.82, 2.24) is 5.32 Å². The van der Waals surface area contributed by atoms with Gasteiger partial charge in [-0.1, -0.05) is 0 Å².